The molecule has 0 spiro atoms. The van der Waals surface area contributed by atoms with Crippen LogP contribution in [0.25, 0.3) is 0 Å². The first kappa shape index (κ1) is 46.5. The predicted molar refractivity (Wildman–Crippen MR) is 257 cm³/mol. The molecule has 0 unspecified atom stereocenters. The number of nitrogens with two attached hydrogens (primary N) is 4. The number of amides is 4. The number of aryl methyl sites for hydroxylation is 2. The molecule has 2 fully saturated rings. The van der Waals surface area contributed by atoms with Gasteiger partial charge in [-0.1, -0.05) is 140 Å². The SMILES string of the molecule is Cc1cc2c(cc1C1(c3ccc(CC(C(N)=O)C(N)=O)cc3)CC1)C(C)(C)C=CC2(C)C.Cc1cc2c(cc1C1(c3ccc(CC(C(N)=O)C(N)=O)cc3)CC1)C(C)(C)CCC2(C)C. The highest BCUT2D eigenvalue weighted by Gasteiger charge is 2.49. The van der Waals surface area contributed by atoms with E-state index >= 15 is 0 Å². The summed E-state index contributed by atoms with van der Waals surface area (Å²) in [6.45, 7) is 23.1. The molecule has 0 saturated heterocycles. The highest BCUT2D eigenvalue weighted by atomic mass is 16.2. The van der Waals surface area contributed by atoms with E-state index in [-0.39, 0.29) is 45.3 Å². The van der Waals surface area contributed by atoms with Crippen molar-refractivity contribution in [3.05, 3.63) is 152 Å². The van der Waals surface area contributed by atoms with Crippen LogP contribution in [-0.4, -0.2) is 23.6 Å². The molecule has 64 heavy (non-hydrogen) atoms. The quantitative estimate of drug-likeness (QED) is 0.0824. The molecule has 8 rings (SSSR count). The lowest BCUT2D eigenvalue weighted by atomic mass is 9.62. The van der Waals surface area contributed by atoms with Crippen LogP contribution in [0.15, 0.2) is 84.9 Å². The first-order valence-corrected chi connectivity index (χ1v) is 23.1. The Labute approximate surface area is 381 Å². The number of rotatable bonds is 12. The van der Waals surface area contributed by atoms with Gasteiger partial charge in [0.25, 0.3) is 0 Å². The van der Waals surface area contributed by atoms with Gasteiger partial charge in [0.1, 0.15) is 11.8 Å². The van der Waals surface area contributed by atoms with Crippen molar-refractivity contribution < 1.29 is 19.2 Å². The number of hydrogen-bond donors (Lipinski definition) is 4. The summed E-state index contributed by atoms with van der Waals surface area (Å²) >= 11 is 0. The fourth-order valence-electron chi connectivity index (χ4n) is 10.9. The molecule has 2 saturated carbocycles. The summed E-state index contributed by atoms with van der Waals surface area (Å²) < 4.78 is 0. The molecule has 4 aliphatic rings. The molecular formula is C56H70N4O4. The Hall–Kier alpha value is -5.50. The summed E-state index contributed by atoms with van der Waals surface area (Å²) in [4.78, 5) is 46.2. The highest BCUT2D eigenvalue weighted by molar-refractivity contribution is 5.99. The van der Waals surface area contributed by atoms with Gasteiger partial charge in [0.05, 0.1) is 0 Å². The molecule has 8 heteroatoms. The number of primary amides is 4. The summed E-state index contributed by atoms with van der Waals surface area (Å²) in [5.74, 6) is -4.64. The maximum atomic E-state index is 11.5. The Morgan fingerprint density at radius 1 is 0.438 bits per heavy atom. The molecule has 4 aromatic carbocycles. The molecule has 4 aliphatic carbocycles. The standard InChI is InChI=1S/C28H36N2O2.C28H34N2O2/c2*1-17-14-22-23(27(4,5)11-10-26(22,2)3)16-21(17)28(12-13-28)19-8-6-18(7-9-19)15-20(24(29)31)25(30)32/h6-9,14,16,20H,10-13,15H2,1-5H3,(H2,29,31)(H2,30,32);6-11,14,16,20H,12-13,15H2,1-5H3,(H2,29,31)(H2,30,32). The molecular weight excluding hydrogens is 793 g/mol. The second kappa shape index (κ2) is 16.2. The molecule has 4 aromatic rings. The molecule has 338 valence electrons. The normalized spacial score (nSPS) is 19.7. The maximum absolute atomic E-state index is 11.5. The van der Waals surface area contributed by atoms with Crippen LogP contribution in [0.4, 0.5) is 0 Å². The van der Waals surface area contributed by atoms with Gasteiger partial charge in [-0.25, -0.2) is 0 Å². The third-order valence-electron chi connectivity index (χ3n) is 15.7. The van der Waals surface area contributed by atoms with Gasteiger partial charge in [0.2, 0.25) is 23.6 Å². The summed E-state index contributed by atoms with van der Waals surface area (Å²) in [5.41, 5.74) is 37.7. The molecule has 8 N–H and O–H groups in total. The number of carbonyl (C=O) groups is 4. The fraction of sp³-hybridized carbons (Fsp3) is 0.464. The van der Waals surface area contributed by atoms with E-state index in [0.29, 0.717) is 0 Å². The Balaban J connectivity index is 0.000000191. The van der Waals surface area contributed by atoms with Crippen molar-refractivity contribution in [1.29, 1.82) is 0 Å². The van der Waals surface area contributed by atoms with Gasteiger partial charge in [0.15, 0.2) is 0 Å². The average molecular weight is 863 g/mol. The number of hydrogen-bond acceptors (Lipinski definition) is 4. The smallest absolute Gasteiger partial charge is 0.230 e. The lowest BCUT2D eigenvalue weighted by molar-refractivity contribution is -0.133. The summed E-state index contributed by atoms with van der Waals surface area (Å²) in [5, 5.41) is 0. The van der Waals surface area contributed by atoms with Crippen molar-refractivity contribution in [3.63, 3.8) is 0 Å². The van der Waals surface area contributed by atoms with Crippen molar-refractivity contribution in [3.8, 4) is 0 Å². The topological polar surface area (TPSA) is 172 Å². The monoisotopic (exact) mass is 863 g/mol. The molecule has 0 radical (unpaired) electrons. The number of allylic oxidation sites excluding steroid dienone is 2. The maximum Gasteiger partial charge on any atom is 0.230 e. The van der Waals surface area contributed by atoms with Crippen molar-refractivity contribution in [2.45, 2.75) is 153 Å². The van der Waals surface area contributed by atoms with Crippen molar-refractivity contribution in [1.82, 2.24) is 0 Å². The van der Waals surface area contributed by atoms with Crippen LogP contribution in [0.5, 0.6) is 0 Å². The van der Waals surface area contributed by atoms with E-state index in [1.54, 1.807) is 0 Å². The minimum Gasteiger partial charge on any atom is -0.369 e. The first-order valence-electron chi connectivity index (χ1n) is 23.1. The largest absolute Gasteiger partial charge is 0.369 e. The van der Waals surface area contributed by atoms with Crippen molar-refractivity contribution in [2.24, 2.45) is 34.8 Å². The van der Waals surface area contributed by atoms with E-state index in [0.717, 1.165) is 36.8 Å². The van der Waals surface area contributed by atoms with E-state index < -0.39 is 35.5 Å². The van der Waals surface area contributed by atoms with E-state index in [2.05, 4.69) is 130 Å². The average Bonchev–Trinajstić information content (AvgIpc) is 4.16. The summed E-state index contributed by atoms with van der Waals surface area (Å²) in [6.07, 6.45) is 12.1. The van der Waals surface area contributed by atoms with E-state index in [1.165, 1.54) is 68.5 Å². The zero-order valence-electron chi connectivity index (χ0n) is 39.8. The molecule has 0 aromatic heterocycles. The Morgan fingerprint density at radius 3 is 1.06 bits per heavy atom. The van der Waals surface area contributed by atoms with Gasteiger partial charge in [-0.3, -0.25) is 19.2 Å². The van der Waals surface area contributed by atoms with Crippen LogP contribution in [-0.2, 0) is 64.5 Å². The third-order valence-corrected chi connectivity index (χ3v) is 15.7. The lowest BCUT2D eigenvalue weighted by Crippen LogP contribution is -2.36. The number of fused-ring (bicyclic) bond motifs is 2. The van der Waals surface area contributed by atoms with Gasteiger partial charge in [-0.2, -0.15) is 0 Å². The fourth-order valence-corrected chi connectivity index (χ4v) is 10.9. The minimum absolute atomic E-state index is 0.00573. The molecule has 8 nitrogen and oxygen atoms in total. The van der Waals surface area contributed by atoms with Crippen LogP contribution in [0.2, 0.25) is 0 Å². The summed E-state index contributed by atoms with van der Waals surface area (Å²) in [6, 6.07) is 26.4. The zero-order valence-corrected chi connectivity index (χ0v) is 39.8. The minimum atomic E-state index is -0.975. The second-order valence-corrected chi connectivity index (χ2v) is 22.2. The van der Waals surface area contributed by atoms with Gasteiger partial charge in [-0.15, -0.1) is 0 Å². The van der Waals surface area contributed by atoms with Gasteiger partial charge >= 0.3 is 0 Å². The second-order valence-electron chi connectivity index (χ2n) is 22.2. The first-order chi connectivity index (χ1) is 29.7. The molecule has 0 bridgehead atoms. The Kier molecular flexibility index (Phi) is 11.8. The van der Waals surface area contributed by atoms with Gasteiger partial charge in [0, 0.05) is 21.7 Å². The molecule has 0 heterocycles. The van der Waals surface area contributed by atoms with Crippen molar-refractivity contribution in [2.75, 3.05) is 0 Å². The van der Waals surface area contributed by atoms with Crippen LogP contribution in [0.1, 0.15) is 161 Å². The van der Waals surface area contributed by atoms with E-state index in [4.69, 9.17) is 22.9 Å². The lowest BCUT2D eigenvalue weighted by Gasteiger charge is -2.43. The molecule has 0 atom stereocenters. The van der Waals surface area contributed by atoms with Crippen LogP contribution in [0, 0.1) is 25.7 Å². The molecule has 0 aliphatic heterocycles. The van der Waals surface area contributed by atoms with Gasteiger partial charge in [-0.05, 0) is 143 Å². The van der Waals surface area contributed by atoms with Crippen molar-refractivity contribution >= 4 is 23.6 Å². The van der Waals surface area contributed by atoms with Gasteiger partial charge < -0.3 is 22.9 Å². The number of carbonyl (C=O) groups excluding carboxylic acids is 4. The van der Waals surface area contributed by atoms with E-state index in [1.807, 2.05) is 24.3 Å². The predicted octanol–water partition coefficient (Wildman–Crippen LogP) is 8.88. The molecule has 4 amide bonds. The Bertz CT molecular complexity index is 2520. The van der Waals surface area contributed by atoms with Crippen LogP contribution in [0.3, 0.4) is 0 Å². The highest BCUT2D eigenvalue weighted by Crippen LogP contribution is 2.58. The van der Waals surface area contributed by atoms with Crippen LogP contribution >= 0.6 is 0 Å². The third kappa shape index (κ3) is 8.57. The van der Waals surface area contributed by atoms with E-state index in [9.17, 15) is 19.2 Å². The number of benzene rings is 4. The Morgan fingerprint density at radius 2 is 0.734 bits per heavy atom. The zero-order chi connectivity index (χ0) is 46.9. The van der Waals surface area contributed by atoms with Crippen LogP contribution < -0.4 is 22.9 Å². The summed E-state index contributed by atoms with van der Waals surface area (Å²) in [7, 11) is 0.